The van der Waals surface area contributed by atoms with Crippen molar-refractivity contribution in [3.8, 4) is 0 Å². The third-order valence-corrected chi connectivity index (χ3v) is 3.33. The number of aliphatic hydroxyl groups excluding tert-OH is 4. The van der Waals surface area contributed by atoms with Gasteiger partial charge in [0.25, 0.3) is 5.79 Å². The minimum absolute atomic E-state index is 0.631. The summed E-state index contributed by atoms with van der Waals surface area (Å²) in [6, 6.07) is -1.33. The van der Waals surface area contributed by atoms with Gasteiger partial charge in [-0.1, -0.05) is 0 Å². The number of ether oxygens (including phenoxy) is 1. The van der Waals surface area contributed by atoms with E-state index in [0.29, 0.717) is 0 Å². The number of carboxylic acid groups (broad SMARTS) is 1. The van der Waals surface area contributed by atoms with E-state index in [9.17, 15) is 30.0 Å². The fraction of sp³-hybridized carbons (Fsp3) is 0.818. The minimum Gasteiger partial charge on any atom is -0.477 e. The Morgan fingerprint density at radius 1 is 1.36 bits per heavy atom. The second-order valence-electron chi connectivity index (χ2n) is 5.14. The Balaban J connectivity index is 3.11. The molecule has 9 N–H and O–H groups in total. The molecule has 128 valence electrons. The Morgan fingerprint density at radius 3 is 2.32 bits per heavy atom. The van der Waals surface area contributed by atoms with Crippen LogP contribution in [0.15, 0.2) is 0 Å². The molecule has 0 aromatic carbocycles. The molecule has 22 heavy (non-hydrogen) atoms. The van der Waals surface area contributed by atoms with Crippen molar-refractivity contribution in [1.29, 1.82) is 0 Å². The molecule has 0 aliphatic carbocycles. The van der Waals surface area contributed by atoms with Crippen molar-refractivity contribution >= 4 is 11.9 Å². The van der Waals surface area contributed by atoms with E-state index >= 15 is 0 Å². The second-order valence-corrected chi connectivity index (χ2v) is 5.14. The van der Waals surface area contributed by atoms with Gasteiger partial charge in [-0.2, -0.15) is 0 Å². The van der Waals surface area contributed by atoms with Gasteiger partial charge in [0, 0.05) is 13.3 Å². The predicted octanol–water partition coefficient (Wildman–Crippen LogP) is -4.59. The molecule has 7 atom stereocenters. The molecule has 0 aromatic heterocycles. The van der Waals surface area contributed by atoms with Gasteiger partial charge in [-0.15, -0.1) is 0 Å². The van der Waals surface area contributed by atoms with Crippen molar-refractivity contribution < 1.29 is 45.0 Å². The number of aliphatic hydroxyl groups is 5. The van der Waals surface area contributed by atoms with Gasteiger partial charge in [-0.05, 0) is 0 Å². The van der Waals surface area contributed by atoms with Crippen LogP contribution in [-0.2, 0) is 14.3 Å². The second kappa shape index (κ2) is 6.83. The van der Waals surface area contributed by atoms with Crippen LogP contribution in [0.25, 0.3) is 0 Å². The van der Waals surface area contributed by atoms with Gasteiger partial charge < -0.3 is 46.4 Å². The maximum absolute atomic E-state index is 11.1. The molecule has 1 amide bonds. The molecule has 0 bridgehead atoms. The Morgan fingerprint density at radius 2 is 1.91 bits per heavy atom. The zero-order valence-corrected chi connectivity index (χ0v) is 11.7. The summed E-state index contributed by atoms with van der Waals surface area (Å²) in [7, 11) is 0. The van der Waals surface area contributed by atoms with Crippen LogP contribution in [0, 0.1) is 0 Å². The highest BCUT2D eigenvalue weighted by atomic mass is 16.7. The number of carbonyl (C=O) groups excluding carboxylic acids is 1. The fourth-order valence-electron chi connectivity index (χ4n) is 2.21. The number of nitrogens with one attached hydrogen (secondary N) is 1. The zero-order valence-electron chi connectivity index (χ0n) is 11.7. The van der Waals surface area contributed by atoms with Crippen LogP contribution in [-0.4, -0.2) is 85.0 Å². The van der Waals surface area contributed by atoms with E-state index in [1.165, 1.54) is 0 Å². The first-order valence-corrected chi connectivity index (χ1v) is 6.38. The summed E-state index contributed by atoms with van der Waals surface area (Å²) in [6.07, 6.45) is -9.96. The van der Waals surface area contributed by atoms with Crippen LogP contribution < -0.4 is 11.1 Å². The number of hydrogen-bond donors (Lipinski definition) is 8. The van der Waals surface area contributed by atoms with Crippen LogP contribution in [0.1, 0.15) is 13.3 Å². The van der Waals surface area contributed by atoms with Crippen molar-refractivity contribution in [2.75, 3.05) is 0 Å². The van der Waals surface area contributed by atoms with Gasteiger partial charge >= 0.3 is 5.97 Å². The maximum Gasteiger partial charge on any atom is 0.364 e. The van der Waals surface area contributed by atoms with Gasteiger partial charge in [-0.3, -0.25) is 4.79 Å². The van der Waals surface area contributed by atoms with Crippen molar-refractivity contribution in [2.45, 2.75) is 55.8 Å². The summed E-state index contributed by atoms with van der Waals surface area (Å²) in [4.78, 5) is 22.2. The average molecular weight is 324 g/mol. The van der Waals surface area contributed by atoms with E-state index in [2.05, 4.69) is 5.32 Å². The Hall–Kier alpha value is -1.34. The van der Waals surface area contributed by atoms with E-state index in [0.717, 1.165) is 6.92 Å². The maximum atomic E-state index is 11.1. The average Bonchev–Trinajstić information content (AvgIpc) is 2.39. The molecule has 0 spiro atoms. The third kappa shape index (κ3) is 3.89. The molecular weight excluding hydrogens is 304 g/mol. The van der Waals surface area contributed by atoms with E-state index in [4.69, 9.17) is 20.7 Å². The molecule has 1 aliphatic heterocycles. The quantitative estimate of drug-likeness (QED) is 0.227. The molecule has 0 aromatic rings. The number of nitrogens with two attached hydrogens (primary N) is 1. The smallest absolute Gasteiger partial charge is 0.364 e. The molecular formula is C11H20N2O9. The molecule has 1 aliphatic rings. The molecule has 11 heteroatoms. The third-order valence-electron chi connectivity index (χ3n) is 3.33. The van der Waals surface area contributed by atoms with Gasteiger partial charge in [0.15, 0.2) is 0 Å². The first kappa shape index (κ1) is 18.7. The Bertz CT molecular complexity index is 432. The Kier molecular flexibility index (Phi) is 5.81. The van der Waals surface area contributed by atoms with E-state index < -0.39 is 60.8 Å². The fourth-order valence-corrected chi connectivity index (χ4v) is 2.21. The predicted molar refractivity (Wildman–Crippen MR) is 67.9 cm³/mol. The molecule has 11 nitrogen and oxygen atoms in total. The summed E-state index contributed by atoms with van der Waals surface area (Å²) < 4.78 is 4.86. The SMILES string of the molecule is CC(=O)NC1C(O)CC(O)(C(=O)O)OC1C(O)C(O)C(N)O. The highest BCUT2D eigenvalue weighted by molar-refractivity contribution is 5.76. The van der Waals surface area contributed by atoms with Gasteiger partial charge in [0.05, 0.1) is 12.1 Å². The van der Waals surface area contributed by atoms with Gasteiger partial charge in [-0.25, -0.2) is 4.79 Å². The topological polar surface area (TPSA) is 203 Å². The highest BCUT2D eigenvalue weighted by Gasteiger charge is 2.54. The molecule has 1 fully saturated rings. The van der Waals surface area contributed by atoms with Crippen LogP contribution in [0.5, 0.6) is 0 Å². The summed E-state index contributed by atoms with van der Waals surface area (Å²) in [5.41, 5.74) is 5.01. The van der Waals surface area contributed by atoms with E-state index in [1.807, 2.05) is 0 Å². The van der Waals surface area contributed by atoms with Crippen LogP contribution in [0.2, 0.25) is 0 Å². The summed E-state index contributed by atoms with van der Waals surface area (Å²) >= 11 is 0. The molecule has 1 heterocycles. The standard InChI is InChI=1S/C11H20N2O9/c1-3(14)13-5-4(15)2-11(21,10(19)20)22-8(5)6(16)7(17)9(12)18/h4-9,15-18,21H,2,12H2,1H3,(H,13,14)(H,19,20). The van der Waals surface area contributed by atoms with Crippen molar-refractivity contribution in [3.63, 3.8) is 0 Å². The number of hydrogen-bond acceptors (Lipinski definition) is 9. The summed E-state index contributed by atoms with van der Waals surface area (Å²) in [5.74, 6) is -5.29. The highest BCUT2D eigenvalue weighted by Crippen LogP contribution is 2.30. The number of amides is 1. The van der Waals surface area contributed by atoms with Crippen LogP contribution >= 0.6 is 0 Å². The van der Waals surface area contributed by atoms with Crippen LogP contribution in [0.4, 0.5) is 0 Å². The molecule has 1 rings (SSSR count). The van der Waals surface area contributed by atoms with Crippen molar-refractivity contribution in [1.82, 2.24) is 5.32 Å². The normalized spacial score (nSPS) is 36.2. The monoisotopic (exact) mass is 324 g/mol. The van der Waals surface area contributed by atoms with Gasteiger partial charge in [0.1, 0.15) is 24.5 Å². The number of carbonyl (C=O) groups is 2. The number of carboxylic acids is 1. The largest absolute Gasteiger partial charge is 0.477 e. The lowest BCUT2D eigenvalue weighted by molar-refractivity contribution is -0.296. The van der Waals surface area contributed by atoms with Crippen LogP contribution in [0.3, 0.4) is 0 Å². The van der Waals surface area contributed by atoms with E-state index in [1.54, 1.807) is 0 Å². The first-order chi connectivity index (χ1) is 9.99. The minimum atomic E-state index is -2.83. The van der Waals surface area contributed by atoms with Crippen molar-refractivity contribution in [2.24, 2.45) is 5.73 Å². The lowest BCUT2D eigenvalue weighted by Gasteiger charge is -2.44. The summed E-state index contributed by atoms with van der Waals surface area (Å²) in [5, 5.41) is 59.5. The van der Waals surface area contributed by atoms with Gasteiger partial charge in [0.2, 0.25) is 5.91 Å². The molecule has 7 unspecified atom stereocenters. The Labute approximate surface area is 124 Å². The number of rotatable bonds is 5. The molecule has 1 saturated heterocycles. The van der Waals surface area contributed by atoms with E-state index in [-0.39, 0.29) is 0 Å². The summed E-state index contributed by atoms with van der Waals surface area (Å²) in [6.45, 7) is 1.10. The van der Waals surface area contributed by atoms with Crippen molar-refractivity contribution in [3.05, 3.63) is 0 Å². The first-order valence-electron chi connectivity index (χ1n) is 6.38. The molecule has 0 saturated carbocycles. The molecule has 0 radical (unpaired) electrons. The zero-order chi connectivity index (χ0) is 17.2. The lowest BCUT2D eigenvalue weighted by Crippen LogP contribution is -2.68. The lowest BCUT2D eigenvalue weighted by atomic mass is 9.88. The number of aliphatic carboxylic acids is 1.